The number of anilines is 3. The van der Waals surface area contributed by atoms with Gasteiger partial charge in [0.25, 0.3) is 20.2 Å². The second kappa shape index (κ2) is 12.4. The SMILES string of the molecule is O=S(=O)(O)CNc1ccc2c(O)cc(SOOO)cc2c1N=Nc1cc(Nc2cc(F)nc(F)n2)ccc1S(=O)(=O)O. The number of nitrogens with zero attached hydrogens (tertiary/aromatic N) is 4. The molecule has 0 aliphatic heterocycles. The fourth-order valence-corrected chi connectivity index (χ4v) is 4.87. The van der Waals surface area contributed by atoms with E-state index in [0.717, 1.165) is 24.3 Å². The lowest BCUT2D eigenvalue weighted by Crippen LogP contribution is -2.13. The Bertz CT molecular complexity index is 1890. The molecule has 0 aliphatic rings. The van der Waals surface area contributed by atoms with Gasteiger partial charge in [-0.05, 0) is 42.5 Å². The molecule has 222 valence electrons. The van der Waals surface area contributed by atoms with Crippen molar-refractivity contribution in [3.63, 3.8) is 0 Å². The lowest BCUT2D eigenvalue weighted by Gasteiger charge is -2.13. The molecule has 0 saturated carbocycles. The van der Waals surface area contributed by atoms with Crippen LogP contribution in [0.4, 0.5) is 37.3 Å². The molecule has 0 radical (unpaired) electrons. The predicted molar refractivity (Wildman–Crippen MR) is 142 cm³/mol. The normalized spacial score (nSPS) is 12.2. The van der Waals surface area contributed by atoms with Crippen molar-refractivity contribution < 1.29 is 54.5 Å². The van der Waals surface area contributed by atoms with Crippen LogP contribution in [-0.2, 0) is 29.6 Å². The van der Waals surface area contributed by atoms with Crippen LogP contribution in [0.15, 0.2) is 68.6 Å². The van der Waals surface area contributed by atoms with Crippen LogP contribution in [0.25, 0.3) is 10.8 Å². The zero-order valence-electron chi connectivity index (χ0n) is 20.3. The third-order valence-electron chi connectivity index (χ3n) is 5.10. The predicted octanol–water partition coefficient (Wildman–Crippen LogP) is 4.70. The van der Waals surface area contributed by atoms with Gasteiger partial charge in [-0.25, -0.2) is 5.26 Å². The Kier molecular flexibility index (Phi) is 9.12. The van der Waals surface area contributed by atoms with Gasteiger partial charge in [-0.15, -0.1) is 14.6 Å². The van der Waals surface area contributed by atoms with Gasteiger partial charge in [-0.1, -0.05) is 5.04 Å². The molecular weight excluding hydrogens is 630 g/mol. The van der Waals surface area contributed by atoms with Crippen molar-refractivity contribution >= 4 is 71.6 Å². The van der Waals surface area contributed by atoms with Gasteiger partial charge in [0.1, 0.15) is 33.7 Å². The molecule has 0 amide bonds. The van der Waals surface area contributed by atoms with Crippen molar-refractivity contribution in [3.05, 3.63) is 60.6 Å². The van der Waals surface area contributed by atoms with E-state index in [1.807, 2.05) is 0 Å². The van der Waals surface area contributed by atoms with E-state index in [9.17, 15) is 39.8 Å². The summed E-state index contributed by atoms with van der Waals surface area (Å²) >= 11 is 0.462. The monoisotopic (exact) mass is 646 g/mol. The van der Waals surface area contributed by atoms with Gasteiger partial charge in [0, 0.05) is 27.4 Å². The zero-order valence-corrected chi connectivity index (χ0v) is 22.8. The van der Waals surface area contributed by atoms with Gasteiger partial charge < -0.3 is 15.7 Å². The molecule has 0 atom stereocenters. The highest BCUT2D eigenvalue weighted by atomic mass is 32.2. The molecule has 0 spiro atoms. The molecule has 0 unspecified atom stereocenters. The molecule has 4 rings (SSSR count). The van der Waals surface area contributed by atoms with Crippen molar-refractivity contribution in [1.29, 1.82) is 0 Å². The molecule has 0 fully saturated rings. The van der Waals surface area contributed by atoms with Gasteiger partial charge in [-0.2, -0.15) is 35.6 Å². The maximum absolute atomic E-state index is 13.5. The van der Waals surface area contributed by atoms with Crippen molar-refractivity contribution in [2.75, 3.05) is 16.5 Å². The number of phenolic OH excluding ortho intramolecular Hbond substituents is 1. The molecule has 6 N–H and O–H groups in total. The third-order valence-corrected chi connectivity index (χ3v) is 7.07. The summed E-state index contributed by atoms with van der Waals surface area (Å²) in [5.74, 6) is -2.85. The lowest BCUT2D eigenvalue weighted by atomic mass is 10.1. The summed E-state index contributed by atoms with van der Waals surface area (Å²) in [6, 6.07) is 9.04. The largest absolute Gasteiger partial charge is 0.507 e. The van der Waals surface area contributed by atoms with Crippen molar-refractivity contribution in [3.8, 4) is 5.75 Å². The molecular formula is C21H16F2N6O10S3. The first-order chi connectivity index (χ1) is 19.7. The number of hydrogen-bond acceptors (Lipinski definition) is 15. The number of azo groups is 1. The second-order valence-corrected chi connectivity index (χ2v) is 11.6. The first kappa shape index (κ1) is 30.9. The molecule has 1 aromatic heterocycles. The number of halogens is 2. The smallest absolute Gasteiger partial charge is 0.313 e. The van der Waals surface area contributed by atoms with Gasteiger partial charge in [-0.3, -0.25) is 9.11 Å². The molecule has 0 aliphatic carbocycles. The minimum absolute atomic E-state index is 0.00558. The highest BCUT2D eigenvalue weighted by Crippen LogP contribution is 2.42. The van der Waals surface area contributed by atoms with Crippen LogP contribution >= 0.6 is 12.0 Å². The molecule has 42 heavy (non-hydrogen) atoms. The summed E-state index contributed by atoms with van der Waals surface area (Å²) < 4.78 is 96.9. The van der Waals surface area contributed by atoms with Crippen molar-refractivity contribution in [2.24, 2.45) is 10.2 Å². The molecule has 0 bridgehead atoms. The lowest BCUT2D eigenvalue weighted by molar-refractivity contribution is -0.432. The van der Waals surface area contributed by atoms with E-state index in [0.29, 0.717) is 12.0 Å². The fourth-order valence-electron chi connectivity index (χ4n) is 3.49. The average molecular weight is 647 g/mol. The molecule has 21 heteroatoms. The summed E-state index contributed by atoms with van der Waals surface area (Å²) in [6.45, 7) is 0. The van der Waals surface area contributed by atoms with Crippen molar-refractivity contribution in [1.82, 2.24) is 9.97 Å². The van der Waals surface area contributed by atoms with E-state index in [1.54, 1.807) is 0 Å². The molecule has 16 nitrogen and oxygen atoms in total. The number of hydrogen-bond donors (Lipinski definition) is 6. The Morgan fingerprint density at radius 1 is 0.952 bits per heavy atom. The fraction of sp³-hybridized carbons (Fsp3) is 0.0476. The van der Waals surface area contributed by atoms with E-state index in [2.05, 4.69) is 40.2 Å². The minimum atomic E-state index is -4.90. The number of nitrogens with one attached hydrogen (secondary N) is 2. The summed E-state index contributed by atoms with van der Waals surface area (Å²) in [4.78, 5) is 5.62. The topological polar surface area (TPSA) is 242 Å². The van der Waals surface area contributed by atoms with Gasteiger partial charge in [0.2, 0.25) is 5.95 Å². The number of aromatic hydroxyl groups is 1. The number of phenols is 1. The van der Waals surface area contributed by atoms with E-state index >= 15 is 0 Å². The molecule has 3 aromatic carbocycles. The maximum Gasteiger partial charge on any atom is 0.313 e. The first-order valence-electron chi connectivity index (χ1n) is 10.9. The minimum Gasteiger partial charge on any atom is -0.507 e. The van der Waals surface area contributed by atoms with Crippen LogP contribution in [0.3, 0.4) is 0 Å². The Morgan fingerprint density at radius 2 is 1.71 bits per heavy atom. The average Bonchev–Trinajstić information content (AvgIpc) is 2.88. The Balaban J connectivity index is 1.87. The van der Waals surface area contributed by atoms with E-state index < -0.39 is 48.7 Å². The maximum atomic E-state index is 13.5. The Morgan fingerprint density at radius 3 is 2.38 bits per heavy atom. The van der Waals surface area contributed by atoms with Crippen LogP contribution in [0.1, 0.15) is 0 Å². The Hall–Kier alpha value is -4.09. The second-order valence-electron chi connectivity index (χ2n) is 7.96. The highest BCUT2D eigenvalue weighted by Gasteiger charge is 2.19. The number of aromatic nitrogens is 2. The van der Waals surface area contributed by atoms with E-state index in [-0.39, 0.29) is 44.3 Å². The summed E-state index contributed by atoms with van der Waals surface area (Å²) in [5.41, 5.74) is -0.770. The number of rotatable bonds is 11. The Labute approximate surface area is 238 Å². The van der Waals surface area contributed by atoms with Crippen LogP contribution in [0.5, 0.6) is 5.75 Å². The quantitative estimate of drug-likeness (QED) is 0.0246. The van der Waals surface area contributed by atoms with Crippen molar-refractivity contribution in [2.45, 2.75) is 9.79 Å². The summed E-state index contributed by atoms with van der Waals surface area (Å²) in [6.07, 6.45) is -1.38. The number of benzene rings is 3. The highest BCUT2D eigenvalue weighted by molar-refractivity contribution is 7.94. The van der Waals surface area contributed by atoms with E-state index in [4.69, 9.17) is 5.26 Å². The van der Waals surface area contributed by atoms with Crippen LogP contribution in [0, 0.1) is 12.0 Å². The van der Waals surface area contributed by atoms with Gasteiger partial charge in [0.05, 0.1) is 17.7 Å². The molecule has 4 aromatic rings. The molecule has 0 saturated heterocycles. The van der Waals surface area contributed by atoms with Crippen LogP contribution < -0.4 is 10.6 Å². The van der Waals surface area contributed by atoms with Crippen LogP contribution in [-0.4, -0.2) is 52.1 Å². The first-order valence-corrected chi connectivity index (χ1v) is 14.7. The molecule has 1 heterocycles. The number of fused-ring (bicyclic) bond motifs is 1. The zero-order chi connectivity index (χ0) is 30.7. The van der Waals surface area contributed by atoms with Crippen LogP contribution in [0.2, 0.25) is 0 Å². The van der Waals surface area contributed by atoms with Gasteiger partial charge >= 0.3 is 6.08 Å². The summed E-state index contributed by atoms with van der Waals surface area (Å²) in [7, 11) is -9.44. The van der Waals surface area contributed by atoms with Gasteiger partial charge in [0.15, 0.2) is 0 Å². The standard InChI is InChI=1S/C21H16F2N6O10S3/c22-18-8-19(27-21(23)26-18)25-10-1-4-17(42(35,36)37)15(5-10)28-29-20-13-6-11(40-39-38-31)7-16(30)12(13)2-3-14(20)24-9-41(32,33)34/h1-8,24,30-31H,9H2,(H,25,26,27)(H,32,33,34)(H,35,36,37). The third kappa shape index (κ3) is 7.80. The summed E-state index contributed by atoms with van der Waals surface area (Å²) in [5, 5.41) is 35.6. The van der Waals surface area contributed by atoms with E-state index in [1.165, 1.54) is 24.3 Å².